The van der Waals surface area contributed by atoms with Crippen LogP contribution in [0.15, 0.2) is 59.2 Å². The average Bonchev–Trinajstić information content (AvgIpc) is 3.21. The highest BCUT2D eigenvalue weighted by Crippen LogP contribution is 2.24. The Balaban J connectivity index is 1.46. The Bertz CT molecular complexity index is 912. The molecule has 0 atom stereocenters. The molecule has 0 aliphatic carbocycles. The second kappa shape index (κ2) is 9.85. The lowest BCUT2D eigenvalue weighted by atomic mass is 10.2. The fourth-order valence-electron chi connectivity index (χ4n) is 2.60. The average molecular weight is 398 g/mol. The first-order chi connectivity index (χ1) is 13.7. The molecule has 146 valence electrons. The molecule has 0 unspecified atom stereocenters. The van der Waals surface area contributed by atoms with Gasteiger partial charge in [0.05, 0.1) is 25.7 Å². The predicted molar refractivity (Wildman–Crippen MR) is 109 cm³/mol. The summed E-state index contributed by atoms with van der Waals surface area (Å²) in [5.74, 6) is 2.91. The van der Waals surface area contributed by atoms with E-state index in [2.05, 4.69) is 10.3 Å². The minimum absolute atomic E-state index is 0.0540. The van der Waals surface area contributed by atoms with Crippen molar-refractivity contribution >= 4 is 17.7 Å². The Hall–Kier alpha value is -2.93. The first-order valence-electron chi connectivity index (χ1n) is 8.74. The molecule has 1 aromatic heterocycles. The summed E-state index contributed by atoms with van der Waals surface area (Å²) >= 11 is 1.49. The number of amides is 1. The van der Waals surface area contributed by atoms with Gasteiger partial charge in [0.2, 0.25) is 11.8 Å². The lowest BCUT2D eigenvalue weighted by Gasteiger charge is -2.11. The maximum atomic E-state index is 12.1. The Morgan fingerprint density at radius 3 is 2.71 bits per heavy atom. The van der Waals surface area contributed by atoms with Crippen LogP contribution in [-0.4, -0.2) is 30.9 Å². The predicted octanol–water partition coefficient (Wildman–Crippen LogP) is 3.91. The van der Waals surface area contributed by atoms with E-state index < -0.39 is 0 Å². The Kier molecular flexibility index (Phi) is 6.97. The van der Waals surface area contributed by atoms with E-state index in [0.29, 0.717) is 29.7 Å². The van der Waals surface area contributed by atoms with Crippen molar-refractivity contribution in [1.29, 1.82) is 0 Å². The number of methoxy groups -OCH3 is 2. The molecule has 0 saturated heterocycles. The van der Waals surface area contributed by atoms with Crippen molar-refractivity contribution in [3.8, 4) is 23.0 Å². The van der Waals surface area contributed by atoms with E-state index >= 15 is 0 Å². The van der Waals surface area contributed by atoms with E-state index in [9.17, 15) is 4.79 Å². The third-order valence-electron chi connectivity index (χ3n) is 4.02. The highest BCUT2D eigenvalue weighted by Gasteiger charge is 2.10. The van der Waals surface area contributed by atoms with Crippen LogP contribution in [0, 0.1) is 0 Å². The van der Waals surface area contributed by atoms with Crippen LogP contribution >= 0.6 is 11.8 Å². The minimum atomic E-state index is -0.0540. The quantitative estimate of drug-likeness (QED) is 0.589. The normalized spacial score (nSPS) is 10.5. The van der Waals surface area contributed by atoms with Crippen LogP contribution in [0.25, 0.3) is 11.5 Å². The Labute approximate surface area is 168 Å². The zero-order valence-corrected chi connectivity index (χ0v) is 16.6. The van der Waals surface area contributed by atoms with Crippen LogP contribution in [0.4, 0.5) is 0 Å². The largest absolute Gasteiger partial charge is 0.497 e. The molecule has 1 amide bonds. The van der Waals surface area contributed by atoms with E-state index in [1.807, 2.05) is 48.5 Å². The van der Waals surface area contributed by atoms with Crippen molar-refractivity contribution in [3.63, 3.8) is 0 Å². The number of carbonyl (C=O) groups excluding carboxylic acids is 1. The van der Waals surface area contributed by atoms with E-state index in [-0.39, 0.29) is 5.91 Å². The zero-order valence-electron chi connectivity index (χ0n) is 15.8. The third kappa shape index (κ3) is 5.29. The standard InChI is InChI=1S/C21H22N2O4S/c1-25-18-8-9-19(26-2)16(10-18)11-22-20(24)14-28-13-17-12-27-21(23-17)15-6-4-3-5-7-15/h3-10,12H,11,13-14H2,1-2H3,(H,22,24). The molecule has 0 bridgehead atoms. The summed E-state index contributed by atoms with van der Waals surface area (Å²) in [7, 11) is 3.21. The highest BCUT2D eigenvalue weighted by atomic mass is 32.2. The molecule has 0 radical (unpaired) electrons. The van der Waals surface area contributed by atoms with Crippen molar-refractivity contribution in [2.45, 2.75) is 12.3 Å². The molecule has 0 saturated carbocycles. The number of nitrogens with one attached hydrogen (secondary N) is 1. The molecule has 7 heteroatoms. The summed E-state index contributed by atoms with van der Waals surface area (Å²) in [6.07, 6.45) is 1.63. The second-order valence-corrected chi connectivity index (χ2v) is 6.94. The first kappa shape index (κ1) is 19.8. The first-order valence-corrected chi connectivity index (χ1v) is 9.90. The molecule has 2 aromatic carbocycles. The van der Waals surface area contributed by atoms with Crippen LogP contribution in [0.3, 0.4) is 0 Å². The van der Waals surface area contributed by atoms with Crippen LogP contribution in [-0.2, 0) is 17.1 Å². The van der Waals surface area contributed by atoms with Crippen LogP contribution in [0.1, 0.15) is 11.3 Å². The van der Waals surface area contributed by atoms with E-state index in [0.717, 1.165) is 22.6 Å². The molecule has 6 nitrogen and oxygen atoms in total. The van der Waals surface area contributed by atoms with Gasteiger partial charge in [-0.05, 0) is 30.3 Å². The van der Waals surface area contributed by atoms with Gasteiger partial charge >= 0.3 is 0 Å². The topological polar surface area (TPSA) is 73.6 Å². The van der Waals surface area contributed by atoms with Crippen molar-refractivity contribution in [2.24, 2.45) is 0 Å². The van der Waals surface area contributed by atoms with Gasteiger partial charge in [0, 0.05) is 23.4 Å². The lowest BCUT2D eigenvalue weighted by molar-refractivity contribution is -0.118. The number of benzene rings is 2. The molecule has 0 aliphatic rings. The minimum Gasteiger partial charge on any atom is -0.497 e. The van der Waals surface area contributed by atoms with Crippen molar-refractivity contribution < 1.29 is 18.7 Å². The van der Waals surface area contributed by atoms with E-state index in [1.165, 1.54) is 11.8 Å². The molecule has 1 N–H and O–H groups in total. The molecule has 3 aromatic rings. The highest BCUT2D eigenvalue weighted by molar-refractivity contribution is 7.99. The van der Waals surface area contributed by atoms with E-state index in [1.54, 1.807) is 20.5 Å². The number of thioether (sulfide) groups is 1. The summed E-state index contributed by atoms with van der Waals surface area (Å²) in [6, 6.07) is 15.2. The summed E-state index contributed by atoms with van der Waals surface area (Å²) in [5.41, 5.74) is 2.61. The van der Waals surface area contributed by atoms with Crippen molar-refractivity contribution in [1.82, 2.24) is 10.3 Å². The van der Waals surface area contributed by atoms with Gasteiger partial charge in [0.15, 0.2) is 0 Å². The smallest absolute Gasteiger partial charge is 0.230 e. The summed E-state index contributed by atoms with van der Waals surface area (Å²) in [6.45, 7) is 0.377. The summed E-state index contributed by atoms with van der Waals surface area (Å²) in [4.78, 5) is 16.6. The fraction of sp³-hybridized carbons (Fsp3) is 0.238. The number of nitrogens with zero attached hydrogens (tertiary/aromatic N) is 1. The van der Waals surface area contributed by atoms with E-state index in [4.69, 9.17) is 13.9 Å². The van der Waals surface area contributed by atoms with Gasteiger partial charge < -0.3 is 19.2 Å². The molecular formula is C21H22N2O4S. The number of hydrogen-bond acceptors (Lipinski definition) is 6. The molecule has 0 aliphatic heterocycles. The molecular weight excluding hydrogens is 376 g/mol. The van der Waals surface area contributed by atoms with Gasteiger partial charge in [-0.3, -0.25) is 4.79 Å². The lowest BCUT2D eigenvalue weighted by Crippen LogP contribution is -2.24. The number of ether oxygens (including phenoxy) is 2. The zero-order chi connectivity index (χ0) is 19.8. The monoisotopic (exact) mass is 398 g/mol. The number of aromatic nitrogens is 1. The Morgan fingerprint density at radius 1 is 1.14 bits per heavy atom. The van der Waals surface area contributed by atoms with Crippen molar-refractivity contribution in [2.75, 3.05) is 20.0 Å². The van der Waals surface area contributed by atoms with Gasteiger partial charge in [-0.15, -0.1) is 11.8 Å². The molecule has 1 heterocycles. The second-order valence-electron chi connectivity index (χ2n) is 5.96. The molecule has 3 rings (SSSR count). The van der Waals surface area contributed by atoms with Gasteiger partial charge in [0.1, 0.15) is 17.8 Å². The van der Waals surface area contributed by atoms with Gasteiger partial charge in [-0.25, -0.2) is 4.98 Å². The maximum Gasteiger partial charge on any atom is 0.230 e. The Morgan fingerprint density at radius 2 is 1.96 bits per heavy atom. The summed E-state index contributed by atoms with van der Waals surface area (Å²) in [5, 5.41) is 2.90. The maximum absolute atomic E-state index is 12.1. The van der Waals surface area contributed by atoms with Crippen molar-refractivity contribution in [3.05, 3.63) is 66.1 Å². The van der Waals surface area contributed by atoms with Crippen LogP contribution < -0.4 is 14.8 Å². The summed E-state index contributed by atoms with van der Waals surface area (Å²) < 4.78 is 16.1. The van der Waals surface area contributed by atoms with Gasteiger partial charge in [-0.1, -0.05) is 18.2 Å². The van der Waals surface area contributed by atoms with Gasteiger partial charge in [0.25, 0.3) is 0 Å². The number of oxazole rings is 1. The molecule has 0 spiro atoms. The molecule has 28 heavy (non-hydrogen) atoms. The SMILES string of the molecule is COc1ccc(OC)c(CNC(=O)CSCc2coc(-c3ccccc3)n2)c1. The van der Waals surface area contributed by atoms with Crippen LogP contribution in [0.2, 0.25) is 0 Å². The molecule has 0 fully saturated rings. The van der Waals surface area contributed by atoms with Gasteiger partial charge in [-0.2, -0.15) is 0 Å². The third-order valence-corrected chi connectivity index (χ3v) is 4.99. The number of carbonyl (C=O) groups is 1. The van der Waals surface area contributed by atoms with Crippen LogP contribution in [0.5, 0.6) is 11.5 Å². The number of hydrogen-bond donors (Lipinski definition) is 1. The number of rotatable bonds is 9. The fourth-order valence-corrected chi connectivity index (χ4v) is 3.33.